The zero-order valence-electron chi connectivity index (χ0n) is 15.8. The van der Waals surface area contributed by atoms with Crippen molar-refractivity contribution >= 4 is 44.8 Å². The van der Waals surface area contributed by atoms with Gasteiger partial charge in [-0.25, -0.2) is 8.42 Å². The van der Waals surface area contributed by atoms with Crippen LogP contribution in [0.4, 0.5) is 5.69 Å². The molecule has 1 N–H and O–H groups in total. The molecule has 1 aliphatic rings. The van der Waals surface area contributed by atoms with Gasteiger partial charge in [-0.1, -0.05) is 23.2 Å². The number of halogens is 2. The van der Waals surface area contributed by atoms with Gasteiger partial charge in [0.25, 0.3) is 0 Å². The van der Waals surface area contributed by atoms with Crippen LogP contribution in [-0.4, -0.2) is 45.4 Å². The number of sulfonamides is 1. The molecule has 1 saturated heterocycles. The maximum atomic E-state index is 13.0. The highest BCUT2D eigenvalue weighted by atomic mass is 35.5. The lowest BCUT2D eigenvalue weighted by Crippen LogP contribution is -2.43. The fourth-order valence-electron chi connectivity index (χ4n) is 3.21. The summed E-state index contributed by atoms with van der Waals surface area (Å²) in [6.45, 7) is 0.254. The van der Waals surface area contributed by atoms with Crippen molar-refractivity contribution in [2.45, 2.75) is 23.8 Å². The van der Waals surface area contributed by atoms with Gasteiger partial charge in [-0.15, -0.1) is 0 Å². The van der Waals surface area contributed by atoms with Gasteiger partial charge in [-0.05, 0) is 43.2 Å². The molecule has 1 heterocycles. The van der Waals surface area contributed by atoms with Crippen LogP contribution in [0.25, 0.3) is 0 Å². The number of hydrogen-bond donors (Lipinski definition) is 1. The third-order valence-electron chi connectivity index (χ3n) is 4.66. The van der Waals surface area contributed by atoms with E-state index in [4.69, 9.17) is 32.7 Å². The molecule has 10 heteroatoms. The second kappa shape index (κ2) is 8.79. The Kier molecular flexibility index (Phi) is 6.58. The molecule has 29 heavy (non-hydrogen) atoms. The van der Waals surface area contributed by atoms with Gasteiger partial charge < -0.3 is 14.8 Å². The zero-order valence-corrected chi connectivity index (χ0v) is 18.1. The highest BCUT2D eigenvalue weighted by Crippen LogP contribution is 2.36. The van der Waals surface area contributed by atoms with Crippen molar-refractivity contribution in [2.75, 3.05) is 26.1 Å². The second-order valence-electron chi connectivity index (χ2n) is 6.40. The monoisotopic (exact) mass is 458 g/mol. The van der Waals surface area contributed by atoms with Crippen LogP contribution in [0.3, 0.4) is 0 Å². The summed E-state index contributed by atoms with van der Waals surface area (Å²) in [5.41, 5.74) is 0.332. The van der Waals surface area contributed by atoms with E-state index in [-0.39, 0.29) is 11.4 Å². The SMILES string of the molecule is COc1cc(OC)c(NC(=O)[C@H]2CCCN2S(=O)(=O)c2ccc(Cl)cc2)cc1Cl. The Labute approximate surface area is 179 Å². The number of methoxy groups -OCH3 is 2. The number of hydrogen-bond acceptors (Lipinski definition) is 5. The normalized spacial score (nSPS) is 17.2. The molecule has 1 atom stereocenters. The molecule has 156 valence electrons. The van der Waals surface area contributed by atoms with Crippen molar-refractivity contribution in [3.05, 3.63) is 46.4 Å². The molecule has 3 rings (SSSR count). The Morgan fingerprint density at radius 1 is 1.10 bits per heavy atom. The van der Waals surface area contributed by atoms with E-state index < -0.39 is 22.0 Å². The third-order valence-corrected chi connectivity index (χ3v) is 7.13. The number of ether oxygens (including phenoxy) is 2. The predicted octanol–water partition coefficient (Wildman–Crippen LogP) is 3.80. The maximum absolute atomic E-state index is 13.0. The first-order valence-electron chi connectivity index (χ1n) is 8.77. The molecule has 0 spiro atoms. The molecule has 0 saturated carbocycles. The quantitative estimate of drug-likeness (QED) is 0.711. The molecule has 1 aliphatic heterocycles. The summed E-state index contributed by atoms with van der Waals surface area (Å²) in [4.78, 5) is 13.0. The van der Waals surface area contributed by atoms with Crippen molar-refractivity contribution in [1.29, 1.82) is 0 Å². The molecule has 0 aromatic heterocycles. The number of nitrogens with zero attached hydrogens (tertiary/aromatic N) is 1. The Morgan fingerprint density at radius 3 is 2.38 bits per heavy atom. The lowest BCUT2D eigenvalue weighted by molar-refractivity contribution is -0.119. The summed E-state index contributed by atoms with van der Waals surface area (Å²) in [5.74, 6) is 0.290. The molecule has 1 amide bonds. The number of rotatable bonds is 6. The largest absolute Gasteiger partial charge is 0.495 e. The van der Waals surface area contributed by atoms with Crippen molar-refractivity contribution in [1.82, 2.24) is 4.31 Å². The molecule has 1 fully saturated rings. The van der Waals surface area contributed by atoms with Crippen molar-refractivity contribution in [3.63, 3.8) is 0 Å². The number of carbonyl (C=O) groups excluding carboxylic acids is 1. The van der Waals surface area contributed by atoms with Gasteiger partial charge in [0.2, 0.25) is 15.9 Å². The highest BCUT2D eigenvalue weighted by molar-refractivity contribution is 7.89. The van der Waals surface area contributed by atoms with Crippen LogP contribution in [0.1, 0.15) is 12.8 Å². The minimum atomic E-state index is -3.84. The first kappa shape index (κ1) is 21.7. The summed E-state index contributed by atoms with van der Waals surface area (Å²) >= 11 is 12.0. The number of amides is 1. The van der Waals surface area contributed by atoms with Crippen molar-refractivity contribution in [3.8, 4) is 11.5 Å². The van der Waals surface area contributed by atoms with Gasteiger partial charge >= 0.3 is 0 Å². The van der Waals surface area contributed by atoms with Gasteiger partial charge in [0.15, 0.2) is 0 Å². The summed E-state index contributed by atoms with van der Waals surface area (Å²) in [6.07, 6.45) is 0.982. The Morgan fingerprint density at radius 2 is 1.76 bits per heavy atom. The number of benzene rings is 2. The summed E-state index contributed by atoms with van der Waals surface area (Å²) < 4.78 is 37.7. The molecule has 2 aromatic carbocycles. The molecule has 0 aliphatic carbocycles. The Balaban J connectivity index is 1.86. The average Bonchev–Trinajstić information content (AvgIpc) is 3.19. The van der Waals surface area contributed by atoms with E-state index in [1.807, 2.05) is 0 Å². The van der Waals surface area contributed by atoms with E-state index in [0.717, 1.165) is 0 Å². The molecular weight excluding hydrogens is 439 g/mol. The topological polar surface area (TPSA) is 84.9 Å². The van der Waals surface area contributed by atoms with Crippen LogP contribution in [-0.2, 0) is 14.8 Å². The minimum absolute atomic E-state index is 0.0895. The molecule has 0 radical (unpaired) electrons. The lowest BCUT2D eigenvalue weighted by atomic mass is 10.2. The van der Waals surface area contributed by atoms with Gasteiger partial charge in [0.05, 0.1) is 29.8 Å². The zero-order chi connectivity index (χ0) is 21.2. The van der Waals surface area contributed by atoms with Gasteiger partial charge in [-0.3, -0.25) is 4.79 Å². The molecule has 7 nitrogen and oxygen atoms in total. The fraction of sp³-hybridized carbons (Fsp3) is 0.316. The molecular formula is C19H20Cl2N2O5S. The maximum Gasteiger partial charge on any atom is 0.243 e. The minimum Gasteiger partial charge on any atom is -0.495 e. The van der Waals surface area contributed by atoms with Crippen molar-refractivity contribution < 1.29 is 22.7 Å². The fourth-order valence-corrected chi connectivity index (χ4v) is 5.23. The Bertz CT molecular complexity index is 1010. The van der Waals surface area contributed by atoms with E-state index in [2.05, 4.69) is 5.32 Å². The summed E-state index contributed by atoms with van der Waals surface area (Å²) in [5, 5.41) is 3.45. The van der Waals surface area contributed by atoms with Gasteiger partial charge in [0.1, 0.15) is 17.5 Å². The van der Waals surface area contributed by atoms with E-state index >= 15 is 0 Å². The first-order valence-corrected chi connectivity index (χ1v) is 11.0. The molecule has 0 bridgehead atoms. The third kappa shape index (κ3) is 4.45. The standard InChI is InChI=1S/C19H20Cl2N2O5S/c1-27-17-11-18(28-2)15(10-14(17)21)22-19(24)16-4-3-9-23(16)29(25,26)13-7-5-12(20)6-8-13/h5-8,10-11,16H,3-4,9H2,1-2H3,(H,22,24)/t16-/m1/s1. The average molecular weight is 459 g/mol. The van der Waals surface area contributed by atoms with Crippen molar-refractivity contribution in [2.24, 2.45) is 0 Å². The van der Waals surface area contributed by atoms with E-state index in [1.54, 1.807) is 6.07 Å². The van der Waals surface area contributed by atoms with E-state index in [1.165, 1.54) is 48.9 Å². The van der Waals surface area contributed by atoms with Crippen LogP contribution in [0.15, 0.2) is 41.3 Å². The van der Waals surface area contributed by atoms with Crippen LogP contribution < -0.4 is 14.8 Å². The molecule has 0 unspecified atom stereocenters. The first-order chi connectivity index (χ1) is 13.8. The molecule has 2 aromatic rings. The Hall–Kier alpha value is -2.00. The van der Waals surface area contributed by atoms with Gasteiger partial charge in [0, 0.05) is 17.6 Å². The van der Waals surface area contributed by atoms with E-state index in [9.17, 15) is 13.2 Å². The van der Waals surface area contributed by atoms with Gasteiger partial charge in [-0.2, -0.15) is 4.31 Å². The second-order valence-corrected chi connectivity index (χ2v) is 9.14. The highest BCUT2D eigenvalue weighted by Gasteiger charge is 2.39. The van der Waals surface area contributed by atoms with Crippen LogP contribution in [0.5, 0.6) is 11.5 Å². The summed E-state index contributed by atoms with van der Waals surface area (Å²) in [6, 6.07) is 8.07. The lowest BCUT2D eigenvalue weighted by Gasteiger charge is -2.24. The predicted molar refractivity (Wildman–Crippen MR) is 112 cm³/mol. The number of anilines is 1. The van der Waals surface area contributed by atoms with Crippen LogP contribution in [0.2, 0.25) is 10.0 Å². The number of carbonyl (C=O) groups is 1. The summed E-state index contributed by atoms with van der Waals surface area (Å²) in [7, 11) is -0.921. The van der Waals surface area contributed by atoms with Crippen LogP contribution in [0, 0.1) is 0 Å². The van der Waals surface area contributed by atoms with E-state index in [0.29, 0.717) is 40.1 Å². The number of nitrogens with one attached hydrogen (secondary N) is 1. The van der Waals surface area contributed by atoms with Crippen LogP contribution >= 0.6 is 23.2 Å². The smallest absolute Gasteiger partial charge is 0.243 e.